The topological polar surface area (TPSA) is 32.6 Å². The molecule has 1 unspecified atom stereocenters. The molecule has 0 N–H and O–H groups in total. The standard InChI is InChI=1S/C10H20NO2/c1-2-6-12-7-3-8-13-10-4-5-11-9-10/h10H,2-9H2,1H3. The van der Waals surface area contributed by atoms with Gasteiger partial charge in [-0.25, -0.2) is 5.32 Å². The monoisotopic (exact) mass is 186 g/mol. The molecule has 77 valence electrons. The van der Waals surface area contributed by atoms with Gasteiger partial charge in [-0.2, -0.15) is 0 Å². The third-order valence-corrected chi connectivity index (χ3v) is 2.08. The van der Waals surface area contributed by atoms with Crippen LogP contribution in [0.3, 0.4) is 0 Å². The Morgan fingerprint density at radius 2 is 2.23 bits per heavy atom. The van der Waals surface area contributed by atoms with Gasteiger partial charge in [0.1, 0.15) is 0 Å². The quantitative estimate of drug-likeness (QED) is 0.560. The van der Waals surface area contributed by atoms with Crippen molar-refractivity contribution in [3.63, 3.8) is 0 Å². The molecule has 0 bridgehead atoms. The highest BCUT2D eigenvalue weighted by Crippen LogP contribution is 2.04. The fourth-order valence-electron chi connectivity index (χ4n) is 1.36. The molecule has 0 aromatic carbocycles. The average molecular weight is 186 g/mol. The fraction of sp³-hybridized carbons (Fsp3) is 1.00. The van der Waals surface area contributed by atoms with E-state index in [0.29, 0.717) is 6.10 Å². The van der Waals surface area contributed by atoms with Gasteiger partial charge in [-0.05, 0) is 19.3 Å². The van der Waals surface area contributed by atoms with Crippen LogP contribution in [0.25, 0.3) is 0 Å². The molecule has 0 spiro atoms. The molecule has 1 saturated heterocycles. The molecule has 0 aromatic rings. The van der Waals surface area contributed by atoms with E-state index < -0.39 is 0 Å². The lowest BCUT2D eigenvalue weighted by atomic mass is 10.3. The summed E-state index contributed by atoms with van der Waals surface area (Å²) >= 11 is 0. The van der Waals surface area contributed by atoms with Crippen molar-refractivity contribution in [3.8, 4) is 0 Å². The molecule has 1 radical (unpaired) electrons. The van der Waals surface area contributed by atoms with Crippen LogP contribution >= 0.6 is 0 Å². The summed E-state index contributed by atoms with van der Waals surface area (Å²) in [7, 11) is 0. The Hall–Kier alpha value is -0.120. The van der Waals surface area contributed by atoms with Crippen LogP contribution in [0.4, 0.5) is 0 Å². The van der Waals surface area contributed by atoms with E-state index >= 15 is 0 Å². The highest BCUT2D eigenvalue weighted by molar-refractivity contribution is 4.70. The fourth-order valence-corrected chi connectivity index (χ4v) is 1.36. The molecule has 0 aliphatic carbocycles. The van der Waals surface area contributed by atoms with Gasteiger partial charge in [-0.15, -0.1) is 0 Å². The normalized spacial score (nSPS) is 22.4. The third-order valence-electron chi connectivity index (χ3n) is 2.08. The molecule has 0 amide bonds. The highest BCUT2D eigenvalue weighted by atomic mass is 16.5. The van der Waals surface area contributed by atoms with Crippen LogP contribution in [0.2, 0.25) is 0 Å². The van der Waals surface area contributed by atoms with E-state index in [-0.39, 0.29) is 0 Å². The maximum absolute atomic E-state index is 5.61. The molecular formula is C10H20NO2. The Morgan fingerprint density at radius 3 is 2.92 bits per heavy atom. The van der Waals surface area contributed by atoms with E-state index in [4.69, 9.17) is 9.47 Å². The zero-order valence-corrected chi connectivity index (χ0v) is 8.50. The second kappa shape index (κ2) is 7.30. The molecular weight excluding hydrogens is 166 g/mol. The van der Waals surface area contributed by atoms with E-state index in [1.807, 2.05) is 0 Å². The first-order valence-electron chi connectivity index (χ1n) is 5.26. The van der Waals surface area contributed by atoms with Crippen molar-refractivity contribution in [3.05, 3.63) is 0 Å². The van der Waals surface area contributed by atoms with E-state index in [1.165, 1.54) is 0 Å². The minimum absolute atomic E-state index is 0.395. The maximum Gasteiger partial charge on any atom is 0.0728 e. The Labute approximate surface area is 80.8 Å². The van der Waals surface area contributed by atoms with E-state index in [9.17, 15) is 0 Å². The SMILES string of the molecule is CCCOCCCOC1CC[N]C1. The summed E-state index contributed by atoms with van der Waals surface area (Å²) < 4.78 is 11.0. The molecule has 1 aliphatic heterocycles. The van der Waals surface area contributed by atoms with Crippen molar-refractivity contribution in [2.75, 3.05) is 32.9 Å². The Kier molecular flexibility index (Phi) is 6.15. The van der Waals surface area contributed by atoms with Crippen molar-refractivity contribution in [2.24, 2.45) is 0 Å². The van der Waals surface area contributed by atoms with E-state index in [0.717, 1.165) is 52.2 Å². The highest BCUT2D eigenvalue weighted by Gasteiger charge is 2.14. The first-order chi connectivity index (χ1) is 6.43. The number of hydrogen-bond donors (Lipinski definition) is 0. The molecule has 3 nitrogen and oxygen atoms in total. The van der Waals surface area contributed by atoms with Crippen LogP contribution in [0.1, 0.15) is 26.2 Å². The van der Waals surface area contributed by atoms with Gasteiger partial charge < -0.3 is 9.47 Å². The van der Waals surface area contributed by atoms with Crippen LogP contribution in [-0.4, -0.2) is 39.0 Å². The second-order valence-electron chi connectivity index (χ2n) is 3.38. The summed E-state index contributed by atoms with van der Waals surface area (Å²) in [6.45, 7) is 6.53. The Bertz CT molecular complexity index is 113. The molecule has 1 rings (SSSR count). The van der Waals surface area contributed by atoms with Gasteiger partial charge in [0.2, 0.25) is 0 Å². The van der Waals surface area contributed by atoms with Crippen molar-refractivity contribution in [2.45, 2.75) is 32.3 Å². The average Bonchev–Trinajstić information content (AvgIpc) is 2.63. The van der Waals surface area contributed by atoms with E-state index in [2.05, 4.69) is 12.2 Å². The van der Waals surface area contributed by atoms with Gasteiger partial charge in [0, 0.05) is 32.9 Å². The van der Waals surface area contributed by atoms with Crippen molar-refractivity contribution >= 4 is 0 Å². The Balaban J connectivity index is 1.78. The van der Waals surface area contributed by atoms with Gasteiger partial charge in [-0.3, -0.25) is 0 Å². The van der Waals surface area contributed by atoms with Crippen molar-refractivity contribution < 1.29 is 9.47 Å². The third kappa shape index (κ3) is 5.24. The number of hydrogen-bond acceptors (Lipinski definition) is 2. The second-order valence-corrected chi connectivity index (χ2v) is 3.38. The summed E-state index contributed by atoms with van der Waals surface area (Å²) in [5.74, 6) is 0. The summed E-state index contributed by atoms with van der Waals surface area (Å²) in [6.07, 6.45) is 3.61. The van der Waals surface area contributed by atoms with Gasteiger partial charge in [0.05, 0.1) is 6.10 Å². The van der Waals surface area contributed by atoms with Gasteiger partial charge in [-0.1, -0.05) is 6.92 Å². The molecule has 0 saturated carbocycles. The molecule has 1 heterocycles. The van der Waals surface area contributed by atoms with Gasteiger partial charge >= 0.3 is 0 Å². The molecule has 0 aromatic heterocycles. The maximum atomic E-state index is 5.61. The van der Waals surface area contributed by atoms with Crippen LogP contribution in [-0.2, 0) is 9.47 Å². The zero-order valence-electron chi connectivity index (χ0n) is 8.50. The number of ether oxygens (including phenoxy) is 2. The zero-order chi connectivity index (χ0) is 9.36. The minimum Gasteiger partial charge on any atom is -0.381 e. The molecule has 1 atom stereocenters. The summed E-state index contributed by atoms with van der Waals surface area (Å²) in [4.78, 5) is 0. The first-order valence-corrected chi connectivity index (χ1v) is 5.26. The first kappa shape index (κ1) is 11.0. The lowest BCUT2D eigenvalue weighted by molar-refractivity contribution is 0.0433. The van der Waals surface area contributed by atoms with Crippen LogP contribution in [0, 0.1) is 0 Å². The smallest absolute Gasteiger partial charge is 0.0728 e. The van der Waals surface area contributed by atoms with Gasteiger partial charge in [0.15, 0.2) is 0 Å². The van der Waals surface area contributed by atoms with E-state index in [1.54, 1.807) is 0 Å². The minimum atomic E-state index is 0.395. The lowest BCUT2D eigenvalue weighted by Gasteiger charge is -2.09. The molecule has 1 aliphatic rings. The number of nitrogens with zero attached hydrogens (tertiary/aromatic N) is 1. The van der Waals surface area contributed by atoms with Crippen LogP contribution < -0.4 is 5.32 Å². The molecule has 3 heteroatoms. The summed E-state index contributed by atoms with van der Waals surface area (Å²) in [5, 5.41) is 4.24. The summed E-state index contributed by atoms with van der Waals surface area (Å²) in [6, 6.07) is 0. The van der Waals surface area contributed by atoms with Crippen molar-refractivity contribution in [1.82, 2.24) is 5.32 Å². The van der Waals surface area contributed by atoms with Crippen LogP contribution in [0.15, 0.2) is 0 Å². The Morgan fingerprint density at radius 1 is 1.31 bits per heavy atom. The van der Waals surface area contributed by atoms with Crippen molar-refractivity contribution in [1.29, 1.82) is 0 Å². The lowest BCUT2D eigenvalue weighted by Crippen LogP contribution is -2.15. The predicted octanol–water partition coefficient (Wildman–Crippen LogP) is 1.20. The van der Waals surface area contributed by atoms with Gasteiger partial charge in [0.25, 0.3) is 0 Å². The summed E-state index contributed by atoms with van der Waals surface area (Å²) in [5.41, 5.74) is 0. The molecule has 13 heavy (non-hydrogen) atoms. The van der Waals surface area contributed by atoms with Crippen LogP contribution in [0.5, 0.6) is 0 Å². The predicted molar refractivity (Wildman–Crippen MR) is 52.0 cm³/mol. The molecule has 1 fully saturated rings. The largest absolute Gasteiger partial charge is 0.381 e. The number of rotatable bonds is 7.